The number of anilines is 1. The molecule has 1 heterocycles. The first-order valence-electron chi connectivity index (χ1n) is 7.50. The molecule has 0 atom stereocenters. The number of para-hydroxylation sites is 1. The molecule has 5 nitrogen and oxygen atoms in total. The van der Waals surface area contributed by atoms with Gasteiger partial charge in [-0.3, -0.25) is 0 Å². The van der Waals surface area contributed by atoms with E-state index in [0.717, 1.165) is 33.7 Å². The molecule has 0 bridgehead atoms. The summed E-state index contributed by atoms with van der Waals surface area (Å²) in [6.45, 7) is 0.562. The Kier molecular flexibility index (Phi) is 4.48. The van der Waals surface area contributed by atoms with Crippen LogP contribution < -0.4 is 14.8 Å². The van der Waals surface area contributed by atoms with Crippen LogP contribution in [0.25, 0.3) is 10.9 Å². The van der Waals surface area contributed by atoms with Crippen molar-refractivity contribution < 1.29 is 9.47 Å². The minimum Gasteiger partial charge on any atom is -0.497 e. The van der Waals surface area contributed by atoms with Gasteiger partial charge >= 0.3 is 0 Å². The Morgan fingerprint density at radius 1 is 1.08 bits per heavy atom. The largest absolute Gasteiger partial charge is 0.497 e. The standard InChI is InChI=1S/C19H17N3O2/c1-23-15-8-7-13(19(10-15)24-2)12-21-18-9-14(11-20)22-17-6-4-3-5-16(17)18/h3-10H,12H2,1-2H3,(H,21,22). The van der Waals surface area contributed by atoms with Gasteiger partial charge in [0.25, 0.3) is 0 Å². The molecule has 0 saturated carbocycles. The molecule has 24 heavy (non-hydrogen) atoms. The summed E-state index contributed by atoms with van der Waals surface area (Å²) in [5.41, 5.74) is 3.05. The van der Waals surface area contributed by atoms with Crippen molar-refractivity contribution >= 4 is 16.6 Å². The summed E-state index contributed by atoms with van der Waals surface area (Å²) in [7, 11) is 3.26. The van der Waals surface area contributed by atoms with E-state index in [-0.39, 0.29) is 0 Å². The van der Waals surface area contributed by atoms with E-state index in [1.165, 1.54) is 0 Å². The van der Waals surface area contributed by atoms with Crippen LogP contribution in [-0.2, 0) is 6.54 Å². The predicted molar refractivity (Wildman–Crippen MR) is 93.3 cm³/mol. The van der Waals surface area contributed by atoms with Crippen LogP contribution in [-0.4, -0.2) is 19.2 Å². The third kappa shape index (κ3) is 3.08. The summed E-state index contributed by atoms with van der Waals surface area (Å²) in [5, 5.41) is 13.5. The van der Waals surface area contributed by atoms with Crippen LogP contribution in [0.3, 0.4) is 0 Å². The van der Waals surface area contributed by atoms with Gasteiger partial charge in [-0.1, -0.05) is 18.2 Å². The number of fused-ring (bicyclic) bond motifs is 1. The average molecular weight is 319 g/mol. The number of nitrogens with zero attached hydrogens (tertiary/aromatic N) is 2. The second-order valence-electron chi connectivity index (χ2n) is 5.22. The molecule has 3 rings (SSSR count). The van der Waals surface area contributed by atoms with Gasteiger partial charge in [0, 0.05) is 29.2 Å². The monoisotopic (exact) mass is 319 g/mol. The summed E-state index contributed by atoms with van der Waals surface area (Å²) in [4.78, 5) is 4.32. The van der Waals surface area contributed by atoms with Crippen molar-refractivity contribution in [3.8, 4) is 17.6 Å². The molecule has 0 aliphatic heterocycles. The highest BCUT2D eigenvalue weighted by Gasteiger charge is 2.08. The van der Waals surface area contributed by atoms with Crippen molar-refractivity contribution in [1.82, 2.24) is 4.98 Å². The number of ether oxygens (including phenoxy) is 2. The Bertz CT molecular complexity index is 916. The van der Waals surface area contributed by atoms with Gasteiger partial charge in [-0.15, -0.1) is 0 Å². The second kappa shape index (κ2) is 6.88. The first-order chi connectivity index (χ1) is 11.7. The number of hydrogen-bond acceptors (Lipinski definition) is 5. The van der Waals surface area contributed by atoms with E-state index in [0.29, 0.717) is 12.2 Å². The van der Waals surface area contributed by atoms with Crippen LogP contribution in [0.1, 0.15) is 11.3 Å². The van der Waals surface area contributed by atoms with Gasteiger partial charge < -0.3 is 14.8 Å². The van der Waals surface area contributed by atoms with Gasteiger partial charge in [0.2, 0.25) is 0 Å². The van der Waals surface area contributed by atoms with Crippen LogP contribution in [0.4, 0.5) is 5.69 Å². The van der Waals surface area contributed by atoms with Gasteiger partial charge in [-0.25, -0.2) is 4.98 Å². The molecule has 0 aliphatic rings. The lowest BCUT2D eigenvalue weighted by Gasteiger charge is -2.13. The minimum absolute atomic E-state index is 0.387. The average Bonchev–Trinajstić information content (AvgIpc) is 2.65. The van der Waals surface area contributed by atoms with E-state index in [1.807, 2.05) is 42.5 Å². The molecular formula is C19H17N3O2. The van der Waals surface area contributed by atoms with E-state index in [4.69, 9.17) is 9.47 Å². The topological polar surface area (TPSA) is 67.2 Å². The van der Waals surface area contributed by atoms with E-state index in [1.54, 1.807) is 20.3 Å². The zero-order valence-electron chi connectivity index (χ0n) is 13.5. The predicted octanol–water partition coefficient (Wildman–Crippen LogP) is 3.74. The Morgan fingerprint density at radius 3 is 2.67 bits per heavy atom. The van der Waals surface area contributed by atoms with Crippen LogP contribution in [0.15, 0.2) is 48.5 Å². The second-order valence-corrected chi connectivity index (χ2v) is 5.22. The molecule has 0 unspecified atom stereocenters. The van der Waals surface area contributed by atoms with E-state index >= 15 is 0 Å². The van der Waals surface area contributed by atoms with Crippen LogP contribution in [0.5, 0.6) is 11.5 Å². The van der Waals surface area contributed by atoms with Crippen molar-refractivity contribution in [2.24, 2.45) is 0 Å². The first kappa shape index (κ1) is 15.6. The molecular weight excluding hydrogens is 302 g/mol. The maximum Gasteiger partial charge on any atom is 0.143 e. The summed E-state index contributed by atoms with van der Waals surface area (Å²) in [6, 6.07) is 17.3. The lowest BCUT2D eigenvalue weighted by molar-refractivity contribution is 0.391. The number of nitriles is 1. The SMILES string of the molecule is COc1ccc(CNc2cc(C#N)nc3ccccc23)c(OC)c1. The summed E-state index contributed by atoms with van der Waals surface area (Å²) in [5.74, 6) is 1.50. The zero-order chi connectivity index (χ0) is 16.9. The number of aromatic nitrogens is 1. The third-order valence-corrected chi connectivity index (χ3v) is 3.79. The molecule has 0 fully saturated rings. The highest BCUT2D eigenvalue weighted by Crippen LogP contribution is 2.27. The fourth-order valence-corrected chi connectivity index (χ4v) is 2.57. The molecule has 0 saturated heterocycles. The lowest BCUT2D eigenvalue weighted by atomic mass is 10.1. The van der Waals surface area contributed by atoms with Crippen LogP contribution in [0, 0.1) is 11.3 Å². The van der Waals surface area contributed by atoms with Crippen LogP contribution in [0.2, 0.25) is 0 Å². The van der Waals surface area contributed by atoms with E-state index in [2.05, 4.69) is 16.4 Å². The third-order valence-electron chi connectivity index (χ3n) is 3.79. The molecule has 0 radical (unpaired) electrons. The lowest BCUT2D eigenvalue weighted by Crippen LogP contribution is -2.03. The molecule has 3 aromatic rings. The van der Waals surface area contributed by atoms with Crippen molar-refractivity contribution in [3.63, 3.8) is 0 Å². The van der Waals surface area contributed by atoms with Gasteiger partial charge in [-0.2, -0.15) is 5.26 Å². The Morgan fingerprint density at radius 2 is 1.92 bits per heavy atom. The highest BCUT2D eigenvalue weighted by molar-refractivity contribution is 5.91. The maximum atomic E-state index is 9.17. The summed E-state index contributed by atoms with van der Waals surface area (Å²) >= 11 is 0. The quantitative estimate of drug-likeness (QED) is 0.776. The van der Waals surface area contributed by atoms with E-state index in [9.17, 15) is 5.26 Å². The van der Waals surface area contributed by atoms with Crippen LogP contribution >= 0.6 is 0 Å². The smallest absolute Gasteiger partial charge is 0.143 e. The van der Waals surface area contributed by atoms with Gasteiger partial charge in [-0.05, 0) is 24.3 Å². The zero-order valence-corrected chi connectivity index (χ0v) is 13.5. The maximum absolute atomic E-state index is 9.17. The Balaban J connectivity index is 1.92. The van der Waals surface area contributed by atoms with Gasteiger partial charge in [0.15, 0.2) is 0 Å². The van der Waals surface area contributed by atoms with Crippen molar-refractivity contribution in [2.45, 2.75) is 6.54 Å². The molecule has 1 aromatic heterocycles. The molecule has 1 N–H and O–H groups in total. The molecule has 5 heteroatoms. The van der Waals surface area contributed by atoms with Crippen molar-refractivity contribution in [3.05, 3.63) is 59.8 Å². The number of hydrogen-bond donors (Lipinski definition) is 1. The molecule has 0 aliphatic carbocycles. The van der Waals surface area contributed by atoms with E-state index < -0.39 is 0 Å². The molecule has 0 spiro atoms. The fourth-order valence-electron chi connectivity index (χ4n) is 2.57. The normalized spacial score (nSPS) is 10.2. The Labute approximate surface area is 140 Å². The highest BCUT2D eigenvalue weighted by atomic mass is 16.5. The van der Waals surface area contributed by atoms with Crippen molar-refractivity contribution in [2.75, 3.05) is 19.5 Å². The van der Waals surface area contributed by atoms with Crippen molar-refractivity contribution in [1.29, 1.82) is 5.26 Å². The summed E-state index contributed by atoms with van der Waals surface area (Å²) < 4.78 is 10.6. The molecule has 120 valence electrons. The number of pyridine rings is 1. The Hall–Kier alpha value is -3.26. The molecule has 0 amide bonds. The number of methoxy groups -OCH3 is 2. The number of benzene rings is 2. The first-order valence-corrected chi connectivity index (χ1v) is 7.50. The number of rotatable bonds is 5. The van der Waals surface area contributed by atoms with Gasteiger partial charge in [0.1, 0.15) is 23.3 Å². The fraction of sp³-hybridized carbons (Fsp3) is 0.158. The van der Waals surface area contributed by atoms with Gasteiger partial charge in [0.05, 0.1) is 19.7 Å². The summed E-state index contributed by atoms with van der Waals surface area (Å²) in [6.07, 6.45) is 0. The minimum atomic E-state index is 0.387. The molecule has 2 aromatic carbocycles. The number of nitrogens with one attached hydrogen (secondary N) is 1.